The molecule has 10 heteroatoms. The van der Waals surface area contributed by atoms with E-state index in [1.54, 1.807) is 0 Å². The summed E-state index contributed by atoms with van der Waals surface area (Å²) in [6.45, 7) is 3.64. The molecule has 0 aromatic carbocycles. The maximum absolute atomic E-state index is 12.6. The SMILES string of the molecule is CC(C)CC(=O)NNC(=O)c1oc2nc(C(F)(F)F)ccc2c1N. The Hall–Kier alpha value is -2.78. The molecule has 0 aliphatic carbocycles. The number of halogens is 3. The summed E-state index contributed by atoms with van der Waals surface area (Å²) < 4.78 is 42.9. The van der Waals surface area contributed by atoms with Crippen molar-refractivity contribution >= 4 is 28.6 Å². The van der Waals surface area contributed by atoms with E-state index >= 15 is 0 Å². The van der Waals surface area contributed by atoms with Gasteiger partial charge >= 0.3 is 12.1 Å². The first-order chi connectivity index (χ1) is 11.1. The fourth-order valence-electron chi connectivity index (χ4n) is 1.93. The van der Waals surface area contributed by atoms with Crippen molar-refractivity contribution in [2.75, 3.05) is 5.73 Å². The first-order valence-corrected chi connectivity index (χ1v) is 6.95. The summed E-state index contributed by atoms with van der Waals surface area (Å²) in [6, 6.07) is 1.80. The first kappa shape index (κ1) is 17.6. The predicted molar refractivity (Wildman–Crippen MR) is 78.5 cm³/mol. The average Bonchev–Trinajstić information content (AvgIpc) is 2.80. The van der Waals surface area contributed by atoms with Crippen LogP contribution in [-0.2, 0) is 11.0 Å². The number of furan rings is 1. The summed E-state index contributed by atoms with van der Waals surface area (Å²) in [4.78, 5) is 26.7. The van der Waals surface area contributed by atoms with Gasteiger partial charge in [-0.1, -0.05) is 13.8 Å². The van der Waals surface area contributed by atoms with Gasteiger partial charge in [0.1, 0.15) is 5.69 Å². The highest BCUT2D eigenvalue weighted by Gasteiger charge is 2.33. The van der Waals surface area contributed by atoms with Gasteiger partial charge in [-0.15, -0.1) is 0 Å². The highest BCUT2D eigenvalue weighted by Crippen LogP contribution is 2.32. The fraction of sp³-hybridized carbons (Fsp3) is 0.357. The van der Waals surface area contributed by atoms with Crippen LogP contribution in [0.25, 0.3) is 11.1 Å². The number of hydrogen-bond donors (Lipinski definition) is 3. The Morgan fingerprint density at radius 3 is 2.54 bits per heavy atom. The zero-order chi connectivity index (χ0) is 18.1. The number of nitrogens with zero attached hydrogens (tertiary/aromatic N) is 1. The number of anilines is 1. The standard InChI is InChI=1S/C14H15F3N4O3/c1-6(2)5-9(22)20-21-12(23)11-10(18)7-3-4-8(14(15,16)17)19-13(7)24-11/h3-4,6H,5,18H2,1-2H3,(H,20,22)(H,21,23). The Morgan fingerprint density at radius 1 is 1.29 bits per heavy atom. The molecule has 0 bridgehead atoms. The van der Waals surface area contributed by atoms with Crippen LogP contribution in [-0.4, -0.2) is 16.8 Å². The molecule has 2 heterocycles. The van der Waals surface area contributed by atoms with Crippen molar-refractivity contribution in [1.29, 1.82) is 0 Å². The number of aromatic nitrogens is 1. The Balaban J connectivity index is 2.21. The molecule has 0 atom stereocenters. The number of carbonyl (C=O) groups excluding carboxylic acids is 2. The minimum Gasteiger partial charge on any atom is -0.430 e. The molecule has 2 amide bonds. The highest BCUT2D eigenvalue weighted by molar-refractivity contribution is 6.05. The summed E-state index contributed by atoms with van der Waals surface area (Å²) in [5.41, 5.74) is 8.20. The number of hydrazine groups is 1. The van der Waals surface area contributed by atoms with E-state index in [1.807, 2.05) is 13.8 Å². The number of nitrogens with two attached hydrogens (primary N) is 1. The van der Waals surface area contributed by atoms with E-state index < -0.39 is 35.2 Å². The number of amides is 2. The third-order valence-electron chi connectivity index (χ3n) is 3.00. The molecule has 2 rings (SSSR count). The van der Waals surface area contributed by atoms with Gasteiger partial charge in [0.15, 0.2) is 0 Å². The monoisotopic (exact) mass is 344 g/mol. The Kier molecular flexibility index (Phi) is 4.67. The quantitative estimate of drug-likeness (QED) is 0.740. The maximum atomic E-state index is 12.6. The van der Waals surface area contributed by atoms with Crippen molar-refractivity contribution in [3.05, 3.63) is 23.6 Å². The van der Waals surface area contributed by atoms with E-state index in [9.17, 15) is 22.8 Å². The van der Waals surface area contributed by atoms with Gasteiger partial charge < -0.3 is 10.2 Å². The van der Waals surface area contributed by atoms with Gasteiger partial charge in [0.05, 0.1) is 11.1 Å². The number of pyridine rings is 1. The van der Waals surface area contributed by atoms with Crippen LogP contribution in [0.4, 0.5) is 18.9 Å². The van der Waals surface area contributed by atoms with Gasteiger partial charge in [-0.25, -0.2) is 4.98 Å². The van der Waals surface area contributed by atoms with Gasteiger partial charge in [-0.3, -0.25) is 20.4 Å². The molecule has 7 nitrogen and oxygen atoms in total. The van der Waals surface area contributed by atoms with E-state index in [1.165, 1.54) is 0 Å². The normalized spacial score (nSPS) is 11.8. The van der Waals surface area contributed by atoms with Crippen LogP contribution in [0.3, 0.4) is 0 Å². The van der Waals surface area contributed by atoms with E-state index in [4.69, 9.17) is 10.2 Å². The van der Waals surface area contributed by atoms with Crippen LogP contribution in [0.15, 0.2) is 16.5 Å². The van der Waals surface area contributed by atoms with Crippen LogP contribution < -0.4 is 16.6 Å². The zero-order valence-electron chi connectivity index (χ0n) is 12.8. The number of hydrogen-bond acceptors (Lipinski definition) is 5. The minimum absolute atomic E-state index is 0.0710. The van der Waals surface area contributed by atoms with E-state index in [0.29, 0.717) is 0 Å². The second kappa shape index (κ2) is 6.38. The molecule has 2 aromatic heterocycles. The van der Waals surface area contributed by atoms with E-state index in [-0.39, 0.29) is 23.4 Å². The minimum atomic E-state index is -4.65. The summed E-state index contributed by atoms with van der Waals surface area (Å²) in [5, 5.41) is 0.0710. The van der Waals surface area contributed by atoms with E-state index in [2.05, 4.69) is 15.8 Å². The number of carbonyl (C=O) groups is 2. The van der Waals surface area contributed by atoms with E-state index in [0.717, 1.165) is 12.1 Å². The molecule has 2 aromatic rings. The van der Waals surface area contributed by atoms with Crippen molar-refractivity contribution in [2.24, 2.45) is 5.92 Å². The highest BCUT2D eigenvalue weighted by atomic mass is 19.4. The molecule has 0 radical (unpaired) electrons. The third kappa shape index (κ3) is 3.76. The summed E-state index contributed by atoms with van der Waals surface area (Å²) in [6.07, 6.45) is -4.46. The summed E-state index contributed by atoms with van der Waals surface area (Å²) >= 11 is 0. The molecule has 0 fully saturated rings. The van der Waals surface area contributed by atoms with Crippen LogP contribution in [0, 0.1) is 5.92 Å². The molecule has 0 spiro atoms. The Labute approximate surface area is 134 Å². The molecular weight excluding hydrogens is 329 g/mol. The molecule has 0 aliphatic heterocycles. The molecule has 0 aliphatic rings. The van der Waals surface area contributed by atoms with Crippen LogP contribution >= 0.6 is 0 Å². The zero-order valence-corrected chi connectivity index (χ0v) is 12.8. The van der Waals surface area contributed by atoms with Crippen LogP contribution in [0.5, 0.6) is 0 Å². The van der Waals surface area contributed by atoms with Crippen molar-refractivity contribution in [3.8, 4) is 0 Å². The average molecular weight is 344 g/mol. The van der Waals surface area contributed by atoms with Crippen molar-refractivity contribution < 1.29 is 27.2 Å². The van der Waals surface area contributed by atoms with Crippen molar-refractivity contribution in [2.45, 2.75) is 26.4 Å². The van der Waals surface area contributed by atoms with Gasteiger partial charge in [0, 0.05) is 6.42 Å². The third-order valence-corrected chi connectivity index (χ3v) is 3.00. The summed E-state index contributed by atoms with van der Waals surface area (Å²) in [5.74, 6) is -1.66. The number of fused-ring (bicyclic) bond motifs is 1. The van der Waals surface area contributed by atoms with Crippen LogP contribution in [0.1, 0.15) is 36.5 Å². The maximum Gasteiger partial charge on any atom is 0.433 e. The number of rotatable bonds is 3. The molecule has 130 valence electrons. The molecular formula is C14H15F3N4O3. The second-order valence-corrected chi connectivity index (χ2v) is 5.49. The molecule has 0 saturated carbocycles. The Bertz CT molecular complexity index is 783. The van der Waals surface area contributed by atoms with Gasteiger partial charge in [0.25, 0.3) is 0 Å². The predicted octanol–water partition coefficient (Wildman–Crippen LogP) is 2.24. The van der Waals surface area contributed by atoms with Crippen LogP contribution in [0.2, 0.25) is 0 Å². The summed E-state index contributed by atoms with van der Waals surface area (Å²) in [7, 11) is 0. The molecule has 24 heavy (non-hydrogen) atoms. The second-order valence-electron chi connectivity index (χ2n) is 5.49. The Morgan fingerprint density at radius 2 is 1.96 bits per heavy atom. The molecule has 0 unspecified atom stereocenters. The lowest BCUT2D eigenvalue weighted by molar-refractivity contribution is -0.141. The molecule has 4 N–H and O–H groups in total. The van der Waals surface area contributed by atoms with Gasteiger partial charge in [0.2, 0.25) is 17.4 Å². The lowest BCUT2D eigenvalue weighted by atomic mass is 10.1. The number of nitrogens with one attached hydrogen (secondary N) is 2. The van der Waals surface area contributed by atoms with Crippen molar-refractivity contribution in [3.63, 3.8) is 0 Å². The topological polar surface area (TPSA) is 110 Å². The molecule has 0 saturated heterocycles. The fourth-order valence-corrected chi connectivity index (χ4v) is 1.93. The first-order valence-electron chi connectivity index (χ1n) is 6.95. The van der Waals surface area contributed by atoms with Crippen molar-refractivity contribution in [1.82, 2.24) is 15.8 Å². The van der Waals surface area contributed by atoms with Gasteiger partial charge in [-0.2, -0.15) is 13.2 Å². The smallest absolute Gasteiger partial charge is 0.430 e. The van der Waals surface area contributed by atoms with Gasteiger partial charge in [-0.05, 0) is 18.1 Å². The lowest BCUT2D eigenvalue weighted by Crippen LogP contribution is -2.42. The number of nitrogen functional groups attached to an aromatic ring is 1. The largest absolute Gasteiger partial charge is 0.433 e. The lowest BCUT2D eigenvalue weighted by Gasteiger charge is -2.07. The number of alkyl halides is 3.